The molecule has 0 amide bonds. The van der Waals surface area contributed by atoms with Crippen LogP contribution in [0.25, 0.3) is 0 Å². The normalized spacial score (nSPS) is 13.8. The summed E-state index contributed by atoms with van der Waals surface area (Å²) in [6.45, 7) is 0. The Labute approximate surface area is 194 Å². The van der Waals surface area contributed by atoms with E-state index in [4.69, 9.17) is 4.99 Å². The zero-order valence-electron chi connectivity index (χ0n) is 18.3. The highest BCUT2D eigenvalue weighted by molar-refractivity contribution is 6.13. The quantitative estimate of drug-likeness (QED) is 0.400. The van der Waals surface area contributed by atoms with Gasteiger partial charge in [-0.25, -0.2) is 4.79 Å². The molecular weight excluding hydrogens is 406 g/mol. The molecule has 1 unspecified atom stereocenters. The maximum absolute atomic E-state index is 12.8. The van der Waals surface area contributed by atoms with E-state index >= 15 is 0 Å². The van der Waals surface area contributed by atoms with Crippen molar-refractivity contribution in [3.63, 3.8) is 0 Å². The highest BCUT2D eigenvalue weighted by Crippen LogP contribution is 2.38. The molecule has 0 radical (unpaired) electrons. The summed E-state index contributed by atoms with van der Waals surface area (Å²) in [5.74, 6) is -1.28. The minimum Gasteiger partial charge on any atom is -0.480 e. The van der Waals surface area contributed by atoms with Crippen molar-refractivity contribution in [2.75, 3.05) is 0 Å². The van der Waals surface area contributed by atoms with Gasteiger partial charge in [0.05, 0.1) is 5.71 Å². The van der Waals surface area contributed by atoms with E-state index in [0.717, 1.165) is 35.1 Å². The van der Waals surface area contributed by atoms with Gasteiger partial charge in [0.15, 0.2) is 6.04 Å². The number of aryl methyl sites for hydroxylation is 2. The van der Waals surface area contributed by atoms with Crippen LogP contribution >= 0.6 is 0 Å². The highest BCUT2D eigenvalue weighted by Gasteiger charge is 2.35. The summed E-state index contributed by atoms with van der Waals surface area (Å²) in [6.07, 6.45) is 1.79. The van der Waals surface area contributed by atoms with Crippen molar-refractivity contribution in [2.45, 2.75) is 24.8 Å². The molecule has 1 aliphatic carbocycles. The van der Waals surface area contributed by atoms with E-state index in [1.54, 1.807) is 0 Å². The molecule has 3 nitrogen and oxygen atoms in total. The van der Waals surface area contributed by atoms with Gasteiger partial charge in [0, 0.05) is 17.0 Å². The second kappa shape index (κ2) is 9.25. The number of carbonyl (C=O) groups is 1. The third-order valence-electron chi connectivity index (χ3n) is 6.38. The molecular formula is C30H25NO2. The number of hydrogen-bond acceptors (Lipinski definition) is 2. The van der Waals surface area contributed by atoms with E-state index in [0.29, 0.717) is 5.71 Å². The van der Waals surface area contributed by atoms with Crippen LogP contribution in [0.3, 0.4) is 0 Å². The van der Waals surface area contributed by atoms with Crippen LogP contribution in [0.1, 0.15) is 39.3 Å². The molecule has 3 heteroatoms. The van der Waals surface area contributed by atoms with Crippen LogP contribution in [0.4, 0.5) is 0 Å². The summed E-state index contributed by atoms with van der Waals surface area (Å²) in [5.41, 5.74) is 7.01. The van der Waals surface area contributed by atoms with Crippen LogP contribution in [-0.4, -0.2) is 22.8 Å². The van der Waals surface area contributed by atoms with Crippen molar-refractivity contribution in [1.82, 2.24) is 0 Å². The molecule has 33 heavy (non-hydrogen) atoms. The minimum atomic E-state index is -0.958. The second-order valence-corrected chi connectivity index (χ2v) is 8.37. The van der Waals surface area contributed by atoms with Gasteiger partial charge >= 0.3 is 5.97 Å². The van der Waals surface area contributed by atoms with Crippen LogP contribution in [0, 0.1) is 0 Å². The topological polar surface area (TPSA) is 49.7 Å². The number of fused-ring (bicyclic) bond motifs is 2. The Bertz CT molecular complexity index is 1210. The lowest BCUT2D eigenvalue weighted by atomic mass is 9.82. The molecule has 1 N–H and O–H groups in total. The van der Waals surface area contributed by atoms with Gasteiger partial charge in [-0.3, -0.25) is 4.99 Å². The van der Waals surface area contributed by atoms with E-state index in [-0.39, 0.29) is 5.92 Å². The molecule has 0 aliphatic heterocycles. The molecule has 1 aliphatic rings. The lowest BCUT2D eigenvalue weighted by Crippen LogP contribution is -2.29. The first-order valence-corrected chi connectivity index (χ1v) is 11.3. The zero-order chi connectivity index (χ0) is 22.6. The van der Waals surface area contributed by atoms with Gasteiger partial charge in [-0.15, -0.1) is 0 Å². The molecule has 1 atom stereocenters. The van der Waals surface area contributed by atoms with Gasteiger partial charge in [0.25, 0.3) is 0 Å². The molecule has 4 aromatic rings. The Morgan fingerprint density at radius 3 is 1.55 bits per heavy atom. The second-order valence-electron chi connectivity index (χ2n) is 8.37. The Morgan fingerprint density at radius 1 is 0.667 bits per heavy atom. The molecule has 0 saturated carbocycles. The van der Waals surface area contributed by atoms with E-state index in [1.165, 1.54) is 11.1 Å². The maximum atomic E-state index is 12.8. The number of carboxylic acids is 1. The van der Waals surface area contributed by atoms with Crippen molar-refractivity contribution in [3.05, 3.63) is 143 Å². The number of benzene rings is 4. The SMILES string of the molecule is O=C(O)C(N=C(c1ccccc1)c1ccccc1)C1c2ccccc2CCc2ccccc21. The first-order chi connectivity index (χ1) is 16.2. The number of aliphatic carboxylic acids is 1. The summed E-state index contributed by atoms with van der Waals surface area (Å²) >= 11 is 0. The molecule has 0 bridgehead atoms. The van der Waals surface area contributed by atoms with E-state index in [9.17, 15) is 9.90 Å². The lowest BCUT2D eigenvalue weighted by Gasteiger charge is -2.25. The number of aliphatic imine (C=N–C) groups is 1. The summed E-state index contributed by atoms with van der Waals surface area (Å²) in [5, 5.41) is 10.5. The first kappa shape index (κ1) is 20.9. The molecule has 5 rings (SSSR count). The van der Waals surface area contributed by atoms with Crippen molar-refractivity contribution >= 4 is 11.7 Å². The average Bonchev–Trinajstić information content (AvgIpc) is 3.03. The number of rotatable bonds is 5. The van der Waals surface area contributed by atoms with Gasteiger partial charge in [-0.1, -0.05) is 109 Å². The Balaban J connectivity index is 1.74. The molecule has 0 heterocycles. The molecule has 0 saturated heterocycles. The van der Waals surface area contributed by atoms with E-state index < -0.39 is 12.0 Å². The zero-order valence-corrected chi connectivity index (χ0v) is 18.3. The van der Waals surface area contributed by atoms with Crippen LogP contribution in [0.2, 0.25) is 0 Å². The van der Waals surface area contributed by atoms with Crippen LogP contribution in [0.15, 0.2) is 114 Å². The Morgan fingerprint density at radius 2 is 1.09 bits per heavy atom. The maximum Gasteiger partial charge on any atom is 0.329 e. The monoisotopic (exact) mass is 431 g/mol. The van der Waals surface area contributed by atoms with Crippen molar-refractivity contribution in [2.24, 2.45) is 4.99 Å². The van der Waals surface area contributed by atoms with Crippen molar-refractivity contribution in [1.29, 1.82) is 0 Å². The average molecular weight is 432 g/mol. The number of nitrogens with zero attached hydrogens (tertiary/aromatic N) is 1. The van der Waals surface area contributed by atoms with Crippen LogP contribution in [-0.2, 0) is 17.6 Å². The van der Waals surface area contributed by atoms with Crippen LogP contribution < -0.4 is 0 Å². The highest BCUT2D eigenvalue weighted by atomic mass is 16.4. The predicted molar refractivity (Wildman–Crippen MR) is 132 cm³/mol. The summed E-state index contributed by atoms with van der Waals surface area (Å²) in [7, 11) is 0. The van der Waals surface area contributed by atoms with E-state index in [2.05, 4.69) is 24.3 Å². The molecule has 0 spiro atoms. The predicted octanol–water partition coefficient (Wildman–Crippen LogP) is 5.91. The molecule has 0 fully saturated rings. The fraction of sp³-hybridized carbons (Fsp3) is 0.133. The Hall–Kier alpha value is -3.98. The van der Waals surface area contributed by atoms with Crippen LogP contribution in [0.5, 0.6) is 0 Å². The smallest absolute Gasteiger partial charge is 0.329 e. The third kappa shape index (κ3) is 4.22. The van der Waals surface area contributed by atoms with E-state index in [1.807, 2.05) is 84.9 Å². The van der Waals surface area contributed by atoms with Gasteiger partial charge in [-0.05, 0) is 35.1 Å². The standard InChI is InChI=1S/C30H25NO2/c32-30(33)29(31-28(23-13-3-1-4-14-23)24-15-5-2-6-16-24)27-25-17-9-7-11-21(25)19-20-22-12-8-10-18-26(22)27/h1-18,27,29H,19-20H2,(H,32,33). The fourth-order valence-corrected chi connectivity index (χ4v) is 4.83. The Kier molecular flexibility index (Phi) is 5.86. The van der Waals surface area contributed by atoms with Gasteiger partial charge in [0.2, 0.25) is 0 Å². The largest absolute Gasteiger partial charge is 0.480 e. The first-order valence-electron chi connectivity index (χ1n) is 11.3. The molecule has 0 aromatic heterocycles. The summed E-state index contributed by atoms with van der Waals surface area (Å²) in [4.78, 5) is 17.8. The molecule has 162 valence electrons. The summed E-state index contributed by atoms with van der Waals surface area (Å²) in [6, 6.07) is 35.2. The molecule has 4 aromatic carbocycles. The van der Waals surface area contributed by atoms with Gasteiger partial charge < -0.3 is 5.11 Å². The number of carboxylic acid groups (broad SMARTS) is 1. The van der Waals surface area contributed by atoms with Gasteiger partial charge in [0.1, 0.15) is 0 Å². The fourth-order valence-electron chi connectivity index (χ4n) is 4.83. The number of hydrogen-bond donors (Lipinski definition) is 1. The van der Waals surface area contributed by atoms with Crippen molar-refractivity contribution < 1.29 is 9.90 Å². The van der Waals surface area contributed by atoms with Gasteiger partial charge in [-0.2, -0.15) is 0 Å². The summed E-state index contributed by atoms with van der Waals surface area (Å²) < 4.78 is 0. The minimum absolute atomic E-state index is 0.361. The van der Waals surface area contributed by atoms with Crippen molar-refractivity contribution in [3.8, 4) is 0 Å². The lowest BCUT2D eigenvalue weighted by molar-refractivity contribution is -0.138. The third-order valence-corrected chi connectivity index (χ3v) is 6.38.